The van der Waals surface area contributed by atoms with Crippen LogP contribution < -0.4 is 5.73 Å². The average molecular weight is 348 g/mol. The van der Waals surface area contributed by atoms with Crippen LogP contribution in [0, 0.1) is 5.92 Å². The quantitative estimate of drug-likeness (QED) is 0.709. The number of carbonyl (C=O) groups is 1. The molecule has 9 heteroatoms. The summed E-state index contributed by atoms with van der Waals surface area (Å²) in [7, 11) is -3.50. The Morgan fingerprint density at radius 3 is 2.13 bits per heavy atom. The maximum absolute atomic E-state index is 12.8. The van der Waals surface area contributed by atoms with Gasteiger partial charge in [-0.2, -0.15) is 17.0 Å². The largest absolute Gasteiger partial charge is 0.373 e. The van der Waals surface area contributed by atoms with Crippen molar-refractivity contribution in [3.05, 3.63) is 0 Å². The van der Waals surface area contributed by atoms with Gasteiger partial charge in [-0.05, 0) is 13.8 Å². The normalized spacial score (nSPS) is 29.5. The summed E-state index contributed by atoms with van der Waals surface area (Å²) >= 11 is 0. The molecule has 1 amide bonds. The van der Waals surface area contributed by atoms with Gasteiger partial charge in [-0.3, -0.25) is 4.79 Å². The molecule has 0 aromatic rings. The Labute approximate surface area is 138 Å². The zero-order valence-corrected chi connectivity index (χ0v) is 15.0. The molecule has 3 unspecified atom stereocenters. The molecule has 2 aliphatic rings. The van der Waals surface area contributed by atoms with Crippen LogP contribution in [0.15, 0.2) is 0 Å². The van der Waals surface area contributed by atoms with Gasteiger partial charge in [-0.25, -0.2) is 0 Å². The van der Waals surface area contributed by atoms with Crippen molar-refractivity contribution in [2.45, 2.75) is 33.0 Å². The summed E-state index contributed by atoms with van der Waals surface area (Å²) in [5, 5.41) is 0. The lowest BCUT2D eigenvalue weighted by molar-refractivity contribution is -0.135. The van der Waals surface area contributed by atoms with E-state index in [1.165, 1.54) is 8.61 Å². The average Bonchev–Trinajstić information content (AvgIpc) is 2.52. The summed E-state index contributed by atoms with van der Waals surface area (Å²) in [5.41, 5.74) is 5.53. The molecule has 0 saturated carbocycles. The van der Waals surface area contributed by atoms with Crippen LogP contribution in [0.3, 0.4) is 0 Å². The summed E-state index contributed by atoms with van der Waals surface area (Å²) in [6.07, 6.45) is -0.219. The van der Waals surface area contributed by atoms with Gasteiger partial charge in [0.2, 0.25) is 5.91 Å². The SMILES string of the molecule is CC1CN(S(=O)(=O)N2CCN(C(=O)C(C)CN)CC2)CC(C)O1. The van der Waals surface area contributed by atoms with Crippen molar-refractivity contribution in [3.63, 3.8) is 0 Å². The Morgan fingerprint density at radius 2 is 1.65 bits per heavy atom. The van der Waals surface area contributed by atoms with Gasteiger partial charge in [0.15, 0.2) is 0 Å². The third-order valence-corrected chi connectivity index (χ3v) is 6.33. The van der Waals surface area contributed by atoms with E-state index >= 15 is 0 Å². The van der Waals surface area contributed by atoms with Crippen molar-refractivity contribution < 1.29 is 17.9 Å². The number of nitrogens with two attached hydrogens (primary N) is 1. The van der Waals surface area contributed by atoms with E-state index in [-0.39, 0.29) is 24.0 Å². The topological polar surface area (TPSA) is 96.2 Å². The molecule has 23 heavy (non-hydrogen) atoms. The second-order valence-electron chi connectivity index (χ2n) is 6.44. The lowest BCUT2D eigenvalue weighted by atomic mass is 10.1. The number of morpholine rings is 1. The Bertz CT molecular complexity index is 509. The number of carbonyl (C=O) groups excluding carboxylic acids is 1. The van der Waals surface area contributed by atoms with Crippen molar-refractivity contribution in [2.24, 2.45) is 11.7 Å². The number of hydrogen-bond donors (Lipinski definition) is 1. The van der Waals surface area contributed by atoms with E-state index in [1.54, 1.807) is 11.8 Å². The number of rotatable bonds is 4. The van der Waals surface area contributed by atoms with Crippen molar-refractivity contribution >= 4 is 16.1 Å². The number of nitrogens with zero attached hydrogens (tertiary/aromatic N) is 3. The van der Waals surface area contributed by atoms with Gasteiger partial charge < -0.3 is 15.4 Å². The van der Waals surface area contributed by atoms with Crippen LogP contribution in [0.2, 0.25) is 0 Å². The highest BCUT2D eigenvalue weighted by Gasteiger charge is 2.37. The molecule has 0 aromatic carbocycles. The van der Waals surface area contributed by atoms with E-state index in [1.807, 2.05) is 13.8 Å². The van der Waals surface area contributed by atoms with Crippen LogP contribution in [0.4, 0.5) is 0 Å². The molecule has 0 aliphatic carbocycles. The fourth-order valence-electron chi connectivity index (χ4n) is 3.03. The van der Waals surface area contributed by atoms with Crippen LogP contribution in [-0.4, -0.2) is 85.9 Å². The molecule has 2 saturated heterocycles. The predicted octanol–water partition coefficient (Wildman–Crippen LogP) is -0.921. The highest BCUT2D eigenvalue weighted by atomic mass is 32.2. The molecule has 2 aliphatic heterocycles. The first-order valence-corrected chi connectivity index (χ1v) is 9.55. The van der Waals surface area contributed by atoms with Gasteiger partial charge in [0, 0.05) is 51.7 Å². The molecule has 134 valence electrons. The monoisotopic (exact) mass is 348 g/mol. The predicted molar refractivity (Wildman–Crippen MR) is 86.9 cm³/mol. The zero-order chi connectivity index (χ0) is 17.2. The minimum Gasteiger partial charge on any atom is -0.373 e. The molecule has 2 fully saturated rings. The summed E-state index contributed by atoms with van der Waals surface area (Å²) < 4.78 is 34.1. The third kappa shape index (κ3) is 4.21. The molecule has 8 nitrogen and oxygen atoms in total. The molecule has 0 bridgehead atoms. The Balaban J connectivity index is 1.97. The van der Waals surface area contributed by atoms with Gasteiger partial charge in [0.25, 0.3) is 10.2 Å². The number of piperazine rings is 1. The molecular formula is C14H28N4O4S. The van der Waals surface area contributed by atoms with E-state index in [9.17, 15) is 13.2 Å². The summed E-state index contributed by atoms with van der Waals surface area (Å²) in [6.45, 7) is 8.08. The summed E-state index contributed by atoms with van der Waals surface area (Å²) in [6, 6.07) is 0. The van der Waals surface area contributed by atoms with Crippen molar-refractivity contribution in [1.29, 1.82) is 0 Å². The zero-order valence-electron chi connectivity index (χ0n) is 14.1. The van der Waals surface area contributed by atoms with E-state index in [0.717, 1.165) is 0 Å². The van der Waals surface area contributed by atoms with Crippen LogP contribution in [0.25, 0.3) is 0 Å². The van der Waals surface area contributed by atoms with Crippen molar-refractivity contribution in [2.75, 3.05) is 45.8 Å². The van der Waals surface area contributed by atoms with Gasteiger partial charge in [-0.1, -0.05) is 6.92 Å². The summed E-state index contributed by atoms with van der Waals surface area (Å²) in [4.78, 5) is 13.8. The van der Waals surface area contributed by atoms with Gasteiger partial charge >= 0.3 is 0 Å². The first kappa shape index (κ1) is 18.6. The molecule has 2 rings (SSSR count). The molecule has 0 spiro atoms. The van der Waals surface area contributed by atoms with Crippen LogP contribution >= 0.6 is 0 Å². The minimum absolute atomic E-state index is 0.00170. The molecule has 2 heterocycles. The van der Waals surface area contributed by atoms with E-state index in [2.05, 4.69) is 0 Å². The van der Waals surface area contributed by atoms with Gasteiger partial charge in [-0.15, -0.1) is 0 Å². The van der Waals surface area contributed by atoms with Crippen LogP contribution in [0.5, 0.6) is 0 Å². The Morgan fingerprint density at radius 1 is 1.13 bits per heavy atom. The van der Waals surface area contributed by atoms with E-state index in [0.29, 0.717) is 45.8 Å². The Kier molecular flexibility index (Phi) is 6.01. The van der Waals surface area contributed by atoms with E-state index in [4.69, 9.17) is 10.5 Å². The lowest BCUT2D eigenvalue weighted by Gasteiger charge is -2.40. The molecule has 2 N–H and O–H groups in total. The summed E-state index contributed by atoms with van der Waals surface area (Å²) in [5.74, 6) is -0.225. The second kappa shape index (κ2) is 7.43. The fourth-order valence-corrected chi connectivity index (χ4v) is 4.78. The van der Waals surface area contributed by atoms with E-state index < -0.39 is 10.2 Å². The second-order valence-corrected chi connectivity index (χ2v) is 8.37. The smallest absolute Gasteiger partial charge is 0.282 e. The number of hydrogen-bond acceptors (Lipinski definition) is 5. The molecule has 0 radical (unpaired) electrons. The Hall–Kier alpha value is -0.740. The molecule has 0 aromatic heterocycles. The third-order valence-electron chi connectivity index (χ3n) is 4.36. The molecular weight excluding hydrogens is 320 g/mol. The highest BCUT2D eigenvalue weighted by Crippen LogP contribution is 2.19. The highest BCUT2D eigenvalue weighted by molar-refractivity contribution is 7.86. The molecule has 3 atom stereocenters. The van der Waals surface area contributed by atoms with Crippen molar-refractivity contribution in [1.82, 2.24) is 13.5 Å². The maximum Gasteiger partial charge on any atom is 0.282 e. The standard InChI is InChI=1S/C14H28N4O4S/c1-11(8-15)14(19)16-4-6-17(7-5-16)23(20,21)18-9-12(2)22-13(3)10-18/h11-13H,4-10,15H2,1-3H3. The maximum atomic E-state index is 12.8. The van der Waals surface area contributed by atoms with Gasteiger partial charge in [0.05, 0.1) is 12.2 Å². The van der Waals surface area contributed by atoms with Crippen LogP contribution in [-0.2, 0) is 19.7 Å². The first-order chi connectivity index (χ1) is 10.8. The van der Waals surface area contributed by atoms with Gasteiger partial charge in [0.1, 0.15) is 0 Å². The lowest BCUT2D eigenvalue weighted by Crippen LogP contribution is -2.58. The van der Waals surface area contributed by atoms with Crippen molar-refractivity contribution in [3.8, 4) is 0 Å². The number of amides is 1. The first-order valence-electron chi connectivity index (χ1n) is 8.15. The minimum atomic E-state index is -3.50. The fraction of sp³-hybridized carbons (Fsp3) is 0.929. The van der Waals surface area contributed by atoms with Crippen LogP contribution in [0.1, 0.15) is 20.8 Å². The number of ether oxygens (including phenoxy) is 1.